The molecule has 1 unspecified atom stereocenters. The molecule has 0 radical (unpaired) electrons. The molecule has 1 heterocycles. The van der Waals surface area contributed by atoms with E-state index >= 15 is 0 Å². The Morgan fingerprint density at radius 1 is 1.42 bits per heavy atom. The molecule has 0 amide bonds. The number of benzene rings is 1. The molecule has 0 spiro atoms. The lowest BCUT2D eigenvalue weighted by Crippen LogP contribution is -2.28. The SMILES string of the molecule is CCCCOc1ccc2c(c1)CC(C(=O)OCC)N2. The van der Waals surface area contributed by atoms with E-state index in [9.17, 15) is 4.79 Å². The zero-order valence-corrected chi connectivity index (χ0v) is 11.6. The van der Waals surface area contributed by atoms with Gasteiger partial charge in [-0.2, -0.15) is 0 Å². The van der Waals surface area contributed by atoms with Crippen molar-refractivity contribution >= 4 is 11.7 Å². The fraction of sp³-hybridized carbons (Fsp3) is 0.533. The molecule has 1 atom stereocenters. The highest BCUT2D eigenvalue weighted by atomic mass is 16.5. The van der Waals surface area contributed by atoms with E-state index in [2.05, 4.69) is 12.2 Å². The van der Waals surface area contributed by atoms with Crippen LogP contribution in [0.5, 0.6) is 5.75 Å². The van der Waals surface area contributed by atoms with Crippen LogP contribution >= 0.6 is 0 Å². The number of carbonyl (C=O) groups excluding carboxylic acids is 1. The van der Waals surface area contributed by atoms with Crippen molar-refractivity contribution in [3.63, 3.8) is 0 Å². The molecule has 0 aromatic heterocycles. The zero-order chi connectivity index (χ0) is 13.7. The summed E-state index contributed by atoms with van der Waals surface area (Å²) >= 11 is 0. The van der Waals surface area contributed by atoms with Gasteiger partial charge in [-0.3, -0.25) is 0 Å². The highest BCUT2D eigenvalue weighted by Gasteiger charge is 2.27. The number of hydrogen-bond acceptors (Lipinski definition) is 4. The normalized spacial score (nSPS) is 16.6. The third kappa shape index (κ3) is 3.40. The number of hydrogen-bond donors (Lipinski definition) is 1. The molecular weight excluding hydrogens is 242 g/mol. The molecule has 4 nitrogen and oxygen atoms in total. The molecule has 19 heavy (non-hydrogen) atoms. The van der Waals surface area contributed by atoms with Crippen molar-refractivity contribution in [2.24, 2.45) is 0 Å². The first-order valence-corrected chi connectivity index (χ1v) is 6.93. The third-order valence-corrected chi connectivity index (χ3v) is 3.17. The lowest BCUT2D eigenvalue weighted by atomic mass is 10.1. The Morgan fingerprint density at radius 2 is 2.26 bits per heavy atom. The number of carbonyl (C=O) groups is 1. The van der Waals surface area contributed by atoms with E-state index in [0.29, 0.717) is 13.0 Å². The summed E-state index contributed by atoms with van der Waals surface area (Å²) in [7, 11) is 0. The van der Waals surface area contributed by atoms with E-state index in [4.69, 9.17) is 9.47 Å². The summed E-state index contributed by atoms with van der Waals surface area (Å²) in [5.41, 5.74) is 2.12. The molecule has 4 heteroatoms. The topological polar surface area (TPSA) is 47.6 Å². The second-order valence-corrected chi connectivity index (χ2v) is 4.67. The number of anilines is 1. The van der Waals surface area contributed by atoms with Crippen LogP contribution in [0, 0.1) is 0 Å². The van der Waals surface area contributed by atoms with Gasteiger partial charge in [0.25, 0.3) is 0 Å². The van der Waals surface area contributed by atoms with E-state index in [0.717, 1.165) is 36.4 Å². The Hall–Kier alpha value is -1.71. The fourth-order valence-corrected chi connectivity index (χ4v) is 2.15. The van der Waals surface area contributed by atoms with Gasteiger partial charge < -0.3 is 14.8 Å². The number of ether oxygens (including phenoxy) is 2. The van der Waals surface area contributed by atoms with Gasteiger partial charge >= 0.3 is 5.97 Å². The summed E-state index contributed by atoms with van der Waals surface area (Å²) in [4.78, 5) is 11.7. The van der Waals surface area contributed by atoms with Crippen LogP contribution in [0.2, 0.25) is 0 Å². The van der Waals surface area contributed by atoms with Crippen molar-refractivity contribution in [2.45, 2.75) is 39.2 Å². The van der Waals surface area contributed by atoms with Crippen LogP contribution in [-0.4, -0.2) is 25.2 Å². The highest BCUT2D eigenvalue weighted by molar-refractivity contribution is 5.83. The maximum atomic E-state index is 11.7. The van der Waals surface area contributed by atoms with Gasteiger partial charge in [0.05, 0.1) is 13.2 Å². The van der Waals surface area contributed by atoms with E-state index in [-0.39, 0.29) is 12.0 Å². The lowest BCUT2D eigenvalue weighted by molar-refractivity contribution is -0.143. The van der Waals surface area contributed by atoms with Gasteiger partial charge in [-0.25, -0.2) is 4.79 Å². The molecule has 0 bridgehead atoms. The van der Waals surface area contributed by atoms with Gasteiger partial charge in [-0.15, -0.1) is 0 Å². The quantitative estimate of drug-likeness (QED) is 0.633. The number of rotatable bonds is 6. The smallest absolute Gasteiger partial charge is 0.328 e. The molecule has 104 valence electrons. The Morgan fingerprint density at radius 3 is 3.00 bits per heavy atom. The summed E-state index contributed by atoms with van der Waals surface area (Å²) < 4.78 is 10.7. The second kappa shape index (κ2) is 6.45. The average Bonchev–Trinajstić information content (AvgIpc) is 2.82. The van der Waals surface area contributed by atoms with Crippen LogP contribution in [0.1, 0.15) is 32.3 Å². The Labute approximate surface area is 114 Å². The first kappa shape index (κ1) is 13.7. The van der Waals surface area contributed by atoms with E-state index in [1.54, 1.807) is 0 Å². The first-order chi connectivity index (χ1) is 9.24. The number of fused-ring (bicyclic) bond motifs is 1. The molecule has 1 N–H and O–H groups in total. The minimum absolute atomic E-state index is 0.188. The van der Waals surface area contributed by atoms with Crippen molar-refractivity contribution in [1.82, 2.24) is 0 Å². The molecular formula is C15H21NO3. The van der Waals surface area contributed by atoms with Gasteiger partial charge in [0, 0.05) is 12.1 Å². The van der Waals surface area contributed by atoms with E-state index in [1.807, 2.05) is 25.1 Å². The molecule has 0 saturated heterocycles. The van der Waals surface area contributed by atoms with Crippen LogP contribution in [0.4, 0.5) is 5.69 Å². The summed E-state index contributed by atoms with van der Waals surface area (Å²) in [6, 6.07) is 5.66. The molecule has 1 aliphatic rings. The third-order valence-electron chi connectivity index (χ3n) is 3.17. The van der Waals surface area contributed by atoms with Gasteiger partial charge in [0.15, 0.2) is 0 Å². The lowest BCUT2D eigenvalue weighted by Gasteiger charge is -2.09. The number of nitrogens with one attached hydrogen (secondary N) is 1. The maximum absolute atomic E-state index is 11.7. The van der Waals surface area contributed by atoms with E-state index < -0.39 is 0 Å². The fourth-order valence-electron chi connectivity index (χ4n) is 2.15. The monoisotopic (exact) mass is 263 g/mol. The second-order valence-electron chi connectivity index (χ2n) is 4.67. The van der Waals surface area contributed by atoms with Crippen LogP contribution in [0.25, 0.3) is 0 Å². The van der Waals surface area contributed by atoms with Gasteiger partial charge in [0.1, 0.15) is 11.8 Å². The van der Waals surface area contributed by atoms with Crippen LogP contribution in [0.3, 0.4) is 0 Å². The van der Waals surface area contributed by atoms with Crippen LogP contribution in [-0.2, 0) is 16.0 Å². The standard InChI is InChI=1S/C15H21NO3/c1-3-5-8-19-12-6-7-13-11(9-12)10-14(16-13)15(17)18-4-2/h6-7,9,14,16H,3-5,8,10H2,1-2H3. The van der Waals surface area contributed by atoms with Crippen LogP contribution < -0.4 is 10.1 Å². The molecule has 1 aromatic rings. The predicted octanol–water partition coefficient (Wildman–Crippen LogP) is 2.77. The Kier molecular flexibility index (Phi) is 4.66. The van der Waals surface area contributed by atoms with E-state index in [1.165, 1.54) is 0 Å². The molecule has 0 saturated carbocycles. The predicted molar refractivity (Wildman–Crippen MR) is 74.6 cm³/mol. The molecule has 1 aliphatic heterocycles. The molecule has 0 fully saturated rings. The highest BCUT2D eigenvalue weighted by Crippen LogP contribution is 2.30. The minimum Gasteiger partial charge on any atom is -0.494 e. The number of esters is 1. The summed E-state index contributed by atoms with van der Waals surface area (Å²) in [5.74, 6) is 0.686. The van der Waals surface area contributed by atoms with Crippen molar-refractivity contribution in [2.75, 3.05) is 18.5 Å². The summed E-state index contributed by atoms with van der Waals surface area (Å²) in [6.07, 6.45) is 2.84. The number of unbranched alkanes of at least 4 members (excludes halogenated alkanes) is 1. The first-order valence-electron chi connectivity index (χ1n) is 6.93. The van der Waals surface area contributed by atoms with Crippen LogP contribution in [0.15, 0.2) is 18.2 Å². The Bertz CT molecular complexity index is 445. The van der Waals surface area contributed by atoms with Crippen molar-refractivity contribution < 1.29 is 14.3 Å². The molecule has 0 aliphatic carbocycles. The minimum atomic E-state index is -0.263. The largest absolute Gasteiger partial charge is 0.494 e. The maximum Gasteiger partial charge on any atom is 0.328 e. The van der Waals surface area contributed by atoms with Gasteiger partial charge in [-0.1, -0.05) is 13.3 Å². The molecule has 2 rings (SSSR count). The Balaban J connectivity index is 1.97. The molecule has 1 aromatic carbocycles. The summed E-state index contributed by atoms with van der Waals surface area (Å²) in [6.45, 7) is 5.11. The zero-order valence-electron chi connectivity index (χ0n) is 11.6. The summed E-state index contributed by atoms with van der Waals surface area (Å²) in [5, 5.41) is 3.18. The van der Waals surface area contributed by atoms with Crippen molar-refractivity contribution in [3.8, 4) is 5.75 Å². The van der Waals surface area contributed by atoms with Crippen molar-refractivity contribution in [3.05, 3.63) is 23.8 Å². The van der Waals surface area contributed by atoms with Gasteiger partial charge in [0.2, 0.25) is 0 Å². The average molecular weight is 263 g/mol. The van der Waals surface area contributed by atoms with Gasteiger partial charge in [-0.05, 0) is 37.1 Å². The van der Waals surface area contributed by atoms with Crippen molar-refractivity contribution in [1.29, 1.82) is 0 Å².